The lowest BCUT2D eigenvalue weighted by molar-refractivity contribution is -0.116. The third kappa shape index (κ3) is 5.83. The lowest BCUT2D eigenvalue weighted by Gasteiger charge is -2.33. The molecule has 0 bridgehead atoms. The minimum Gasteiger partial charge on any atom is -0.379 e. The molecule has 1 unspecified atom stereocenters. The van der Waals surface area contributed by atoms with Crippen LogP contribution in [0.2, 0.25) is 0 Å². The van der Waals surface area contributed by atoms with Crippen molar-refractivity contribution in [3.8, 4) is 0 Å². The molecule has 0 spiro atoms. The third-order valence-corrected chi connectivity index (χ3v) is 7.12. The van der Waals surface area contributed by atoms with E-state index in [1.165, 1.54) is 18.5 Å². The highest BCUT2D eigenvalue weighted by Gasteiger charge is 2.23. The van der Waals surface area contributed by atoms with Crippen LogP contribution in [-0.4, -0.2) is 68.7 Å². The average Bonchev–Trinajstić information content (AvgIpc) is 3.36. The number of halogens is 1. The average molecular weight is 511 g/mol. The van der Waals surface area contributed by atoms with Crippen LogP contribution in [-0.2, 0) is 9.53 Å². The molecule has 0 radical (unpaired) electrons. The van der Waals surface area contributed by atoms with Crippen molar-refractivity contribution in [1.82, 2.24) is 24.4 Å². The molecule has 1 aromatic carbocycles. The van der Waals surface area contributed by atoms with Crippen molar-refractivity contribution in [2.75, 3.05) is 42.2 Å². The zero-order valence-electron chi connectivity index (χ0n) is 21.4. The number of hydrogen-bond donors (Lipinski definition) is 3. The van der Waals surface area contributed by atoms with Gasteiger partial charge in [-0.3, -0.25) is 9.36 Å². The van der Waals surface area contributed by atoms with Gasteiger partial charge in [0.15, 0.2) is 17.0 Å². The molecule has 4 heterocycles. The first kappa shape index (κ1) is 25.3. The van der Waals surface area contributed by atoms with Crippen molar-refractivity contribution in [1.29, 1.82) is 0 Å². The predicted octanol–water partition coefficient (Wildman–Crippen LogP) is 4.00. The third-order valence-electron chi connectivity index (χ3n) is 7.12. The number of rotatable bonds is 8. The number of benzene rings is 1. The predicted molar refractivity (Wildman–Crippen MR) is 141 cm³/mol. The van der Waals surface area contributed by atoms with Crippen molar-refractivity contribution < 1.29 is 13.9 Å². The fourth-order valence-corrected chi connectivity index (χ4v) is 5.05. The van der Waals surface area contributed by atoms with E-state index in [0.717, 1.165) is 58.3 Å². The second kappa shape index (κ2) is 11.4. The zero-order chi connectivity index (χ0) is 25.8. The van der Waals surface area contributed by atoms with Crippen LogP contribution in [0.5, 0.6) is 0 Å². The van der Waals surface area contributed by atoms with Crippen molar-refractivity contribution in [3.05, 3.63) is 36.7 Å². The molecule has 2 aliphatic heterocycles. The molecule has 1 amide bonds. The summed E-state index contributed by atoms with van der Waals surface area (Å²) in [4.78, 5) is 28.7. The van der Waals surface area contributed by atoms with Gasteiger partial charge in [0.1, 0.15) is 24.4 Å². The van der Waals surface area contributed by atoms with Crippen LogP contribution in [0.1, 0.15) is 52.2 Å². The Morgan fingerprint density at radius 1 is 1.19 bits per heavy atom. The number of hydrogen-bond acceptors (Lipinski definition) is 8. The quantitative estimate of drug-likeness (QED) is 0.417. The van der Waals surface area contributed by atoms with E-state index < -0.39 is 6.04 Å². The van der Waals surface area contributed by atoms with E-state index >= 15 is 0 Å². The Kier molecular flexibility index (Phi) is 7.80. The standard InChI is InChI=1S/C26H35FN8O2/c1-3-34-11-6-7-19(14-34)32-21-13-18(27)9-10-20(21)33-26(36)17(2)31-24-23-25(29-15-28-24)35(16-30-23)22-8-4-5-12-37-22/h9-10,13,15-17,19,22,32H,3-8,11-12,14H2,1-2H3,(H,33,36)(H,28,29,31)/t17-,19?,22+/m1/s1. The number of amides is 1. The Labute approximate surface area is 216 Å². The monoisotopic (exact) mass is 510 g/mol. The Morgan fingerprint density at radius 3 is 2.89 bits per heavy atom. The molecule has 0 saturated carbocycles. The van der Waals surface area contributed by atoms with Crippen LogP contribution in [0.25, 0.3) is 11.2 Å². The van der Waals surface area contributed by atoms with Crippen molar-refractivity contribution in [2.45, 2.75) is 64.3 Å². The molecule has 10 nitrogen and oxygen atoms in total. The summed E-state index contributed by atoms with van der Waals surface area (Å²) in [7, 11) is 0. The summed E-state index contributed by atoms with van der Waals surface area (Å²) in [6.45, 7) is 7.56. The number of aromatic nitrogens is 4. The molecule has 5 rings (SSSR count). The highest BCUT2D eigenvalue weighted by Crippen LogP contribution is 2.28. The first-order chi connectivity index (χ1) is 18.0. The van der Waals surface area contributed by atoms with Gasteiger partial charge in [0, 0.05) is 19.2 Å². The van der Waals surface area contributed by atoms with E-state index in [4.69, 9.17) is 4.74 Å². The van der Waals surface area contributed by atoms with Gasteiger partial charge in [-0.15, -0.1) is 0 Å². The van der Waals surface area contributed by atoms with Crippen molar-refractivity contribution in [3.63, 3.8) is 0 Å². The number of nitrogens with one attached hydrogen (secondary N) is 3. The molecule has 37 heavy (non-hydrogen) atoms. The Bertz CT molecular complexity index is 1230. The minimum atomic E-state index is -0.627. The number of fused-ring (bicyclic) bond motifs is 1. The summed E-state index contributed by atoms with van der Waals surface area (Å²) in [5, 5.41) is 9.55. The van der Waals surface area contributed by atoms with Gasteiger partial charge in [-0.05, 0) is 70.3 Å². The summed E-state index contributed by atoms with van der Waals surface area (Å²) < 4.78 is 21.9. The summed E-state index contributed by atoms with van der Waals surface area (Å²) in [6.07, 6.45) is 8.22. The number of carbonyl (C=O) groups is 1. The molecule has 2 aromatic heterocycles. The highest BCUT2D eigenvalue weighted by atomic mass is 19.1. The number of nitrogens with zero attached hydrogens (tertiary/aromatic N) is 5. The molecule has 3 N–H and O–H groups in total. The highest BCUT2D eigenvalue weighted by molar-refractivity contribution is 5.99. The minimum absolute atomic E-state index is 0.0970. The summed E-state index contributed by atoms with van der Waals surface area (Å²) in [5.74, 6) is -0.146. The maximum Gasteiger partial charge on any atom is 0.246 e. The van der Waals surface area contributed by atoms with Crippen LogP contribution >= 0.6 is 0 Å². The fourth-order valence-electron chi connectivity index (χ4n) is 5.05. The van der Waals surface area contributed by atoms with Gasteiger partial charge in [0.05, 0.1) is 17.7 Å². The number of piperidine rings is 1. The molecular formula is C26H35FN8O2. The number of ether oxygens (including phenoxy) is 1. The van der Waals surface area contributed by atoms with Gasteiger partial charge in [0.2, 0.25) is 5.91 Å². The van der Waals surface area contributed by atoms with Crippen LogP contribution in [0.3, 0.4) is 0 Å². The Hall–Kier alpha value is -3.31. The molecule has 11 heteroatoms. The number of likely N-dealkylation sites (tertiary alicyclic amines) is 1. The second-order valence-electron chi connectivity index (χ2n) is 9.79. The fraction of sp³-hybridized carbons (Fsp3) is 0.538. The smallest absolute Gasteiger partial charge is 0.246 e. The van der Waals surface area contributed by atoms with E-state index in [1.54, 1.807) is 19.3 Å². The lowest BCUT2D eigenvalue weighted by Crippen LogP contribution is -2.42. The molecule has 3 aromatic rings. The molecule has 198 valence electrons. The zero-order valence-corrected chi connectivity index (χ0v) is 21.4. The second-order valence-corrected chi connectivity index (χ2v) is 9.79. The maximum absolute atomic E-state index is 14.1. The summed E-state index contributed by atoms with van der Waals surface area (Å²) in [6, 6.07) is 3.95. The van der Waals surface area contributed by atoms with Gasteiger partial charge < -0.3 is 25.6 Å². The molecule has 3 atom stereocenters. The van der Waals surface area contributed by atoms with E-state index in [9.17, 15) is 9.18 Å². The molecule has 2 fully saturated rings. The van der Waals surface area contributed by atoms with Gasteiger partial charge in [-0.1, -0.05) is 6.92 Å². The topological polar surface area (TPSA) is 109 Å². The number of anilines is 3. The van der Waals surface area contributed by atoms with Gasteiger partial charge in [-0.2, -0.15) is 0 Å². The van der Waals surface area contributed by atoms with Crippen molar-refractivity contribution in [2.24, 2.45) is 0 Å². The van der Waals surface area contributed by atoms with Crippen LogP contribution in [0.15, 0.2) is 30.9 Å². The largest absolute Gasteiger partial charge is 0.379 e. The molecule has 0 aliphatic carbocycles. The van der Waals surface area contributed by atoms with Crippen LogP contribution in [0.4, 0.5) is 21.6 Å². The SMILES string of the molecule is CCN1CCCC(Nc2cc(F)ccc2NC(=O)[C@@H](C)Nc2ncnc3c2ncn3[C@@H]2CCCCO2)C1. The Balaban J connectivity index is 1.28. The van der Waals surface area contributed by atoms with E-state index in [2.05, 4.69) is 42.7 Å². The lowest BCUT2D eigenvalue weighted by atomic mass is 10.1. The molecular weight excluding hydrogens is 475 g/mol. The molecule has 2 aliphatic rings. The van der Waals surface area contributed by atoms with E-state index in [1.807, 2.05) is 4.57 Å². The maximum atomic E-state index is 14.1. The number of imidazole rings is 1. The Morgan fingerprint density at radius 2 is 2.08 bits per heavy atom. The molecule has 2 saturated heterocycles. The van der Waals surface area contributed by atoms with Gasteiger partial charge >= 0.3 is 0 Å². The first-order valence-electron chi connectivity index (χ1n) is 13.2. The normalized spacial score (nSPS) is 21.5. The van der Waals surface area contributed by atoms with E-state index in [-0.39, 0.29) is 24.0 Å². The number of carbonyl (C=O) groups excluding carboxylic acids is 1. The number of likely N-dealkylation sites (N-methyl/N-ethyl adjacent to an activating group) is 1. The van der Waals surface area contributed by atoms with Crippen LogP contribution < -0.4 is 16.0 Å². The summed E-state index contributed by atoms with van der Waals surface area (Å²) in [5.41, 5.74) is 2.37. The summed E-state index contributed by atoms with van der Waals surface area (Å²) >= 11 is 0. The van der Waals surface area contributed by atoms with Gasteiger partial charge in [-0.25, -0.2) is 19.3 Å². The van der Waals surface area contributed by atoms with Crippen molar-refractivity contribution >= 4 is 34.3 Å². The van der Waals surface area contributed by atoms with E-state index in [0.29, 0.717) is 28.4 Å². The van der Waals surface area contributed by atoms with Gasteiger partial charge in [0.25, 0.3) is 0 Å². The van der Waals surface area contributed by atoms with Crippen LogP contribution in [0, 0.1) is 5.82 Å². The first-order valence-corrected chi connectivity index (χ1v) is 13.2.